The van der Waals surface area contributed by atoms with E-state index < -0.39 is 0 Å². The third kappa shape index (κ3) is 6.38. The summed E-state index contributed by atoms with van der Waals surface area (Å²) >= 11 is 3.23. The van der Waals surface area contributed by atoms with Crippen LogP contribution in [0.2, 0.25) is 0 Å². The molecule has 0 aliphatic heterocycles. The summed E-state index contributed by atoms with van der Waals surface area (Å²) in [4.78, 5) is 13.4. The molecule has 0 spiro atoms. The first kappa shape index (κ1) is 13.9. The Morgan fingerprint density at radius 1 is 1.57 bits per heavy atom. The molecule has 1 N–H and O–H groups in total. The molecule has 84 valence electrons. The largest absolute Gasteiger partial charge is 0.355 e. The molecule has 1 atom stereocenters. The number of carbonyl (C=O) groups is 1. The van der Waals surface area contributed by atoms with E-state index in [2.05, 4.69) is 47.0 Å². The molecule has 1 amide bonds. The molecule has 0 aliphatic carbocycles. The van der Waals surface area contributed by atoms with Gasteiger partial charge in [-0.15, -0.1) is 0 Å². The van der Waals surface area contributed by atoms with Gasteiger partial charge in [0.05, 0.1) is 0 Å². The zero-order valence-electron chi connectivity index (χ0n) is 9.35. The van der Waals surface area contributed by atoms with Crippen molar-refractivity contribution in [3.05, 3.63) is 0 Å². The first-order chi connectivity index (χ1) is 6.61. The average Bonchev–Trinajstić information content (AvgIpc) is 2.16. The zero-order valence-corrected chi connectivity index (χ0v) is 10.9. The Bertz CT molecular complexity index is 164. The molecule has 0 radical (unpaired) electrons. The van der Waals surface area contributed by atoms with E-state index >= 15 is 0 Å². The van der Waals surface area contributed by atoms with Gasteiger partial charge in [0.25, 0.3) is 0 Å². The summed E-state index contributed by atoms with van der Waals surface area (Å²) in [5, 5.41) is 3.62. The van der Waals surface area contributed by atoms with E-state index in [0.29, 0.717) is 12.5 Å². The fourth-order valence-electron chi connectivity index (χ4n) is 1.08. The van der Waals surface area contributed by atoms with Gasteiger partial charge in [0.1, 0.15) is 0 Å². The molecule has 0 aromatic rings. The molecule has 0 aromatic carbocycles. The lowest BCUT2D eigenvalue weighted by Gasteiger charge is -2.23. The minimum atomic E-state index is 0.124. The minimum absolute atomic E-state index is 0.124. The number of nitrogens with one attached hydrogen (secondary N) is 1. The molecule has 14 heavy (non-hydrogen) atoms. The van der Waals surface area contributed by atoms with Gasteiger partial charge >= 0.3 is 0 Å². The SMILES string of the molecule is CCC(C)N(C)CCNC(=O)CCBr. The van der Waals surface area contributed by atoms with Crippen molar-refractivity contribution in [1.82, 2.24) is 10.2 Å². The normalized spacial score (nSPS) is 12.9. The zero-order chi connectivity index (χ0) is 11.0. The van der Waals surface area contributed by atoms with E-state index in [1.165, 1.54) is 0 Å². The fourth-order valence-corrected chi connectivity index (χ4v) is 1.44. The van der Waals surface area contributed by atoms with E-state index in [1.807, 2.05) is 0 Å². The molecule has 0 fully saturated rings. The first-order valence-electron chi connectivity index (χ1n) is 5.14. The monoisotopic (exact) mass is 264 g/mol. The fraction of sp³-hybridized carbons (Fsp3) is 0.900. The average molecular weight is 265 g/mol. The van der Waals surface area contributed by atoms with Crippen LogP contribution in [0.1, 0.15) is 26.7 Å². The summed E-state index contributed by atoms with van der Waals surface area (Å²) < 4.78 is 0. The van der Waals surface area contributed by atoms with Crippen LogP contribution in [0, 0.1) is 0 Å². The number of amides is 1. The summed E-state index contributed by atoms with van der Waals surface area (Å²) in [6, 6.07) is 0.586. The van der Waals surface area contributed by atoms with E-state index in [4.69, 9.17) is 0 Å². The van der Waals surface area contributed by atoms with Crippen LogP contribution >= 0.6 is 15.9 Å². The maximum Gasteiger partial charge on any atom is 0.220 e. The van der Waals surface area contributed by atoms with Crippen LogP contribution in [0.5, 0.6) is 0 Å². The van der Waals surface area contributed by atoms with Gasteiger partial charge in [-0.25, -0.2) is 0 Å². The number of halogens is 1. The number of alkyl halides is 1. The topological polar surface area (TPSA) is 32.3 Å². The van der Waals surface area contributed by atoms with Crippen molar-refractivity contribution in [2.75, 3.05) is 25.5 Å². The third-order valence-corrected chi connectivity index (χ3v) is 2.85. The van der Waals surface area contributed by atoms with Gasteiger partial charge in [0, 0.05) is 30.9 Å². The van der Waals surface area contributed by atoms with Crippen LogP contribution in [0.4, 0.5) is 0 Å². The number of likely N-dealkylation sites (N-methyl/N-ethyl adjacent to an activating group) is 1. The Morgan fingerprint density at radius 2 is 2.21 bits per heavy atom. The molecule has 0 heterocycles. The van der Waals surface area contributed by atoms with Crippen LogP contribution < -0.4 is 5.32 Å². The van der Waals surface area contributed by atoms with Gasteiger partial charge in [-0.3, -0.25) is 4.79 Å². The van der Waals surface area contributed by atoms with Crippen molar-refractivity contribution in [3.63, 3.8) is 0 Å². The van der Waals surface area contributed by atoms with E-state index in [-0.39, 0.29) is 5.91 Å². The second-order valence-corrected chi connectivity index (χ2v) is 4.32. The molecule has 0 bridgehead atoms. The van der Waals surface area contributed by atoms with Crippen LogP contribution in [0.15, 0.2) is 0 Å². The highest BCUT2D eigenvalue weighted by atomic mass is 79.9. The summed E-state index contributed by atoms with van der Waals surface area (Å²) in [6.07, 6.45) is 1.71. The third-order valence-electron chi connectivity index (χ3n) is 2.45. The molecule has 3 nitrogen and oxygen atoms in total. The standard InChI is InChI=1S/C10H21BrN2O/c1-4-9(2)13(3)8-7-12-10(14)5-6-11/h9H,4-8H2,1-3H3,(H,12,14). The highest BCUT2D eigenvalue weighted by Crippen LogP contribution is 1.98. The molecule has 0 saturated carbocycles. The molecule has 0 aliphatic rings. The first-order valence-corrected chi connectivity index (χ1v) is 6.26. The molecule has 0 rings (SSSR count). The van der Waals surface area contributed by atoms with Gasteiger partial charge in [0.2, 0.25) is 5.91 Å². The van der Waals surface area contributed by atoms with Crippen LogP contribution in [0.25, 0.3) is 0 Å². The predicted octanol–water partition coefficient (Wildman–Crippen LogP) is 1.62. The maximum absolute atomic E-state index is 11.1. The van der Waals surface area contributed by atoms with Crippen molar-refractivity contribution in [2.45, 2.75) is 32.7 Å². The van der Waals surface area contributed by atoms with E-state index in [9.17, 15) is 4.79 Å². The lowest BCUT2D eigenvalue weighted by Crippen LogP contribution is -2.37. The van der Waals surface area contributed by atoms with Crippen molar-refractivity contribution < 1.29 is 4.79 Å². The lowest BCUT2D eigenvalue weighted by molar-refractivity contribution is -0.120. The van der Waals surface area contributed by atoms with Gasteiger partial charge in [-0.05, 0) is 20.4 Å². The Labute approximate surface area is 95.4 Å². The second kappa shape index (κ2) is 8.24. The Balaban J connectivity index is 3.48. The van der Waals surface area contributed by atoms with Gasteiger partial charge in [0.15, 0.2) is 0 Å². The number of carbonyl (C=O) groups excluding carboxylic acids is 1. The van der Waals surface area contributed by atoms with Gasteiger partial charge in [-0.2, -0.15) is 0 Å². The van der Waals surface area contributed by atoms with Crippen molar-refractivity contribution >= 4 is 21.8 Å². The molecule has 1 unspecified atom stereocenters. The number of hydrogen-bond acceptors (Lipinski definition) is 2. The van der Waals surface area contributed by atoms with Crippen molar-refractivity contribution in [1.29, 1.82) is 0 Å². The Hall–Kier alpha value is -0.0900. The summed E-state index contributed by atoms with van der Waals surface area (Å²) in [6.45, 7) is 6.03. The molecule has 4 heteroatoms. The number of rotatable bonds is 7. The van der Waals surface area contributed by atoms with Crippen molar-refractivity contribution in [2.24, 2.45) is 0 Å². The number of hydrogen-bond donors (Lipinski definition) is 1. The van der Waals surface area contributed by atoms with Crippen LogP contribution in [0.3, 0.4) is 0 Å². The quantitative estimate of drug-likeness (QED) is 0.709. The summed E-state index contributed by atoms with van der Waals surface area (Å²) in [5.41, 5.74) is 0. The van der Waals surface area contributed by atoms with Crippen molar-refractivity contribution in [3.8, 4) is 0 Å². The maximum atomic E-state index is 11.1. The van der Waals surface area contributed by atoms with Crippen LogP contribution in [-0.4, -0.2) is 42.3 Å². The summed E-state index contributed by atoms with van der Waals surface area (Å²) in [7, 11) is 2.09. The lowest BCUT2D eigenvalue weighted by atomic mass is 10.2. The smallest absolute Gasteiger partial charge is 0.220 e. The van der Waals surface area contributed by atoms with Gasteiger partial charge in [-0.1, -0.05) is 22.9 Å². The minimum Gasteiger partial charge on any atom is -0.355 e. The van der Waals surface area contributed by atoms with E-state index in [0.717, 1.165) is 24.8 Å². The molecule has 0 saturated heterocycles. The molecular formula is C10H21BrN2O. The Kier molecular flexibility index (Phi) is 8.18. The molecular weight excluding hydrogens is 244 g/mol. The summed E-state index contributed by atoms with van der Waals surface area (Å²) in [5.74, 6) is 0.124. The number of nitrogens with zero attached hydrogens (tertiary/aromatic N) is 1. The van der Waals surface area contributed by atoms with Gasteiger partial charge < -0.3 is 10.2 Å². The predicted molar refractivity (Wildman–Crippen MR) is 63.8 cm³/mol. The highest BCUT2D eigenvalue weighted by molar-refractivity contribution is 9.09. The van der Waals surface area contributed by atoms with Crippen LogP contribution in [-0.2, 0) is 4.79 Å². The highest BCUT2D eigenvalue weighted by Gasteiger charge is 2.06. The van der Waals surface area contributed by atoms with E-state index in [1.54, 1.807) is 0 Å². The molecule has 0 aromatic heterocycles. The Morgan fingerprint density at radius 3 is 2.71 bits per heavy atom. The second-order valence-electron chi connectivity index (χ2n) is 3.53.